The monoisotopic (exact) mass is 334 g/mol. The van der Waals surface area contributed by atoms with Gasteiger partial charge in [-0.15, -0.1) is 0 Å². The Morgan fingerprint density at radius 2 is 2.00 bits per heavy atom. The van der Waals surface area contributed by atoms with Crippen molar-refractivity contribution in [3.05, 3.63) is 53.0 Å². The normalized spacial score (nSPS) is 11.7. The van der Waals surface area contributed by atoms with E-state index in [0.29, 0.717) is 17.1 Å². The molecular weight excluding hydrogens is 320 g/mol. The van der Waals surface area contributed by atoms with E-state index in [1.165, 1.54) is 0 Å². The van der Waals surface area contributed by atoms with Crippen molar-refractivity contribution in [1.82, 2.24) is 0 Å². The number of hydrogen-bond acceptors (Lipinski definition) is 3. The Hall–Kier alpha value is -2.01. The molecule has 3 N–H and O–H groups in total. The predicted molar refractivity (Wildman–Crippen MR) is 83.7 cm³/mol. The molecule has 4 nitrogen and oxygen atoms in total. The number of benzene rings is 2. The van der Waals surface area contributed by atoms with Gasteiger partial charge in [-0.3, -0.25) is 4.79 Å². The summed E-state index contributed by atoms with van der Waals surface area (Å²) >= 11 is 3.36. The van der Waals surface area contributed by atoms with Crippen molar-refractivity contribution in [1.29, 1.82) is 0 Å². The van der Waals surface area contributed by atoms with Gasteiger partial charge < -0.3 is 15.8 Å². The van der Waals surface area contributed by atoms with E-state index in [2.05, 4.69) is 21.2 Å². The van der Waals surface area contributed by atoms with E-state index in [4.69, 9.17) is 10.5 Å². The minimum atomic E-state index is -0.606. The van der Waals surface area contributed by atoms with Gasteiger partial charge in [0, 0.05) is 15.8 Å². The standard InChI is InChI=1S/C15H15BrN2O2/c1-10(20-14-7-2-4-11(16)8-14)15(19)18-13-6-3-5-12(17)9-13/h2-10H,17H2,1H3,(H,18,19). The Labute approximate surface area is 126 Å². The van der Waals surface area contributed by atoms with Crippen LogP contribution in [0.1, 0.15) is 6.92 Å². The molecular formula is C15H15BrN2O2. The van der Waals surface area contributed by atoms with Gasteiger partial charge in [-0.2, -0.15) is 0 Å². The number of anilines is 2. The van der Waals surface area contributed by atoms with Gasteiger partial charge in [0.05, 0.1) is 0 Å². The van der Waals surface area contributed by atoms with Crippen LogP contribution in [0.3, 0.4) is 0 Å². The van der Waals surface area contributed by atoms with Gasteiger partial charge in [0.15, 0.2) is 6.10 Å². The summed E-state index contributed by atoms with van der Waals surface area (Å²) in [4.78, 5) is 12.0. The number of ether oxygens (including phenoxy) is 1. The molecule has 0 saturated carbocycles. The van der Waals surface area contributed by atoms with Crippen LogP contribution in [-0.2, 0) is 4.79 Å². The lowest BCUT2D eigenvalue weighted by molar-refractivity contribution is -0.122. The maximum absolute atomic E-state index is 12.0. The van der Waals surface area contributed by atoms with Crippen molar-refractivity contribution < 1.29 is 9.53 Å². The van der Waals surface area contributed by atoms with Crippen LogP contribution < -0.4 is 15.8 Å². The molecule has 0 fully saturated rings. The van der Waals surface area contributed by atoms with Crippen molar-refractivity contribution in [3.63, 3.8) is 0 Å². The first-order valence-corrected chi connectivity index (χ1v) is 6.92. The van der Waals surface area contributed by atoms with Gasteiger partial charge in [-0.25, -0.2) is 0 Å². The zero-order valence-electron chi connectivity index (χ0n) is 11.0. The first kappa shape index (κ1) is 14.4. The zero-order chi connectivity index (χ0) is 14.5. The summed E-state index contributed by atoms with van der Waals surface area (Å²) in [5.74, 6) is 0.408. The first-order valence-electron chi connectivity index (χ1n) is 6.13. The Kier molecular flexibility index (Phi) is 4.63. The highest BCUT2D eigenvalue weighted by Crippen LogP contribution is 2.19. The van der Waals surface area contributed by atoms with E-state index in [0.717, 1.165) is 4.47 Å². The smallest absolute Gasteiger partial charge is 0.265 e. The fourth-order valence-corrected chi connectivity index (χ4v) is 2.04. The average molecular weight is 335 g/mol. The number of rotatable bonds is 4. The summed E-state index contributed by atoms with van der Waals surface area (Å²) in [5.41, 5.74) is 6.92. The number of nitrogen functional groups attached to an aromatic ring is 1. The maximum Gasteiger partial charge on any atom is 0.265 e. The maximum atomic E-state index is 12.0. The lowest BCUT2D eigenvalue weighted by Gasteiger charge is -2.15. The molecule has 1 unspecified atom stereocenters. The number of hydrogen-bond donors (Lipinski definition) is 2. The fraction of sp³-hybridized carbons (Fsp3) is 0.133. The molecule has 0 spiro atoms. The fourth-order valence-electron chi connectivity index (χ4n) is 1.66. The molecule has 5 heteroatoms. The van der Waals surface area contributed by atoms with Gasteiger partial charge in [0.2, 0.25) is 0 Å². The molecule has 104 valence electrons. The van der Waals surface area contributed by atoms with E-state index in [9.17, 15) is 4.79 Å². The van der Waals surface area contributed by atoms with Gasteiger partial charge >= 0.3 is 0 Å². The molecule has 2 aromatic rings. The number of carbonyl (C=O) groups is 1. The van der Waals surface area contributed by atoms with Crippen molar-refractivity contribution in [3.8, 4) is 5.75 Å². The SMILES string of the molecule is CC(Oc1cccc(Br)c1)C(=O)Nc1cccc(N)c1. The molecule has 0 radical (unpaired) electrons. The molecule has 0 heterocycles. The molecule has 1 amide bonds. The van der Waals surface area contributed by atoms with Gasteiger partial charge in [0.25, 0.3) is 5.91 Å². The second-order valence-corrected chi connectivity index (χ2v) is 5.25. The molecule has 0 aliphatic rings. The van der Waals surface area contributed by atoms with Crippen LogP contribution in [-0.4, -0.2) is 12.0 Å². The van der Waals surface area contributed by atoms with Gasteiger partial charge in [-0.1, -0.05) is 28.1 Å². The molecule has 20 heavy (non-hydrogen) atoms. The number of nitrogens with two attached hydrogens (primary N) is 1. The lowest BCUT2D eigenvalue weighted by atomic mass is 10.2. The third-order valence-electron chi connectivity index (χ3n) is 2.63. The summed E-state index contributed by atoms with van der Waals surface area (Å²) in [5, 5.41) is 2.76. The Morgan fingerprint density at radius 3 is 2.70 bits per heavy atom. The van der Waals surface area contributed by atoms with Crippen LogP contribution in [0.5, 0.6) is 5.75 Å². The summed E-state index contributed by atoms with van der Waals surface area (Å²) < 4.78 is 6.49. The van der Waals surface area contributed by atoms with E-state index in [-0.39, 0.29) is 5.91 Å². The van der Waals surface area contributed by atoms with Crippen LogP contribution in [0.4, 0.5) is 11.4 Å². The molecule has 0 saturated heterocycles. The molecule has 0 aliphatic carbocycles. The van der Waals surface area contributed by atoms with Crippen LogP contribution in [0.2, 0.25) is 0 Å². The Balaban J connectivity index is 1.98. The summed E-state index contributed by atoms with van der Waals surface area (Å²) in [6, 6.07) is 14.4. The quantitative estimate of drug-likeness (QED) is 0.842. The Bertz CT molecular complexity index is 616. The topological polar surface area (TPSA) is 64.3 Å². The van der Waals surface area contributed by atoms with Crippen LogP contribution in [0, 0.1) is 0 Å². The molecule has 2 rings (SSSR count). The molecule has 2 aromatic carbocycles. The Morgan fingerprint density at radius 1 is 1.25 bits per heavy atom. The van der Waals surface area contributed by atoms with Gasteiger partial charge in [-0.05, 0) is 43.3 Å². The minimum absolute atomic E-state index is 0.226. The van der Waals surface area contributed by atoms with Crippen molar-refractivity contribution in [2.24, 2.45) is 0 Å². The molecule has 0 aliphatic heterocycles. The van der Waals surface area contributed by atoms with Gasteiger partial charge in [0.1, 0.15) is 5.75 Å². The third kappa shape index (κ3) is 3.99. The zero-order valence-corrected chi connectivity index (χ0v) is 12.6. The molecule has 0 bridgehead atoms. The second kappa shape index (κ2) is 6.43. The highest BCUT2D eigenvalue weighted by atomic mass is 79.9. The first-order chi connectivity index (χ1) is 9.54. The number of halogens is 1. The third-order valence-corrected chi connectivity index (χ3v) is 3.13. The highest BCUT2D eigenvalue weighted by molar-refractivity contribution is 9.10. The van der Waals surface area contributed by atoms with Crippen LogP contribution >= 0.6 is 15.9 Å². The summed E-state index contributed by atoms with van der Waals surface area (Å²) in [7, 11) is 0. The van der Waals surface area contributed by atoms with Crippen molar-refractivity contribution in [2.75, 3.05) is 11.1 Å². The number of nitrogens with one attached hydrogen (secondary N) is 1. The second-order valence-electron chi connectivity index (χ2n) is 4.33. The highest BCUT2D eigenvalue weighted by Gasteiger charge is 2.15. The van der Waals surface area contributed by atoms with E-state index in [1.807, 2.05) is 18.2 Å². The lowest BCUT2D eigenvalue weighted by Crippen LogP contribution is -2.30. The predicted octanol–water partition coefficient (Wildman–Crippen LogP) is 3.44. The molecule has 1 atom stereocenters. The number of carbonyl (C=O) groups excluding carboxylic acids is 1. The number of amides is 1. The summed E-state index contributed by atoms with van der Waals surface area (Å²) in [6.45, 7) is 1.70. The van der Waals surface area contributed by atoms with E-state index >= 15 is 0 Å². The summed E-state index contributed by atoms with van der Waals surface area (Å²) in [6.07, 6.45) is -0.606. The van der Waals surface area contributed by atoms with Crippen molar-refractivity contribution >= 4 is 33.2 Å². The van der Waals surface area contributed by atoms with Crippen LogP contribution in [0.25, 0.3) is 0 Å². The average Bonchev–Trinajstić information content (AvgIpc) is 2.38. The largest absolute Gasteiger partial charge is 0.481 e. The van der Waals surface area contributed by atoms with Crippen molar-refractivity contribution in [2.45, 2.75) is 13.0 Å². The van der Waals surface area contributed by atoms with E-state index in [1.54, 1.807) is 37.3 Å². The minimum Gasteiger partial charge on any atom is -0.481 e. The molecule has 0 aromatic heterocycles. The van der Waals surface area contributed by atoms with E-state index < -0.39 is 6.10 Å². The van der Waals surface area contributed by atoms with Crippen LogP contribution in [0.15, 0.2) is 53.0 Å².